The molecule has 0 unspecified atom stereocenters. The fourth-order valence-corrected chi connectivity index (χ4v) is 2.76. The Kier molecular flexibility index (Phi) is 4.12. The van der Waals surface area contributed by atoms with Crippen molar-refractivity contribution in [1.29, 1.82) is 0 Å². The van der Waals surface area contributed by atoms with E-state index in [9.17, 15) is 4.79 Å². The first-order chi connectivity index (χ1) is 8.15. The van der Waals surface area contributed by atoms with Crippen LogP contribution in [0.2, 0.25) is 0 Å². The normalized spacial score (nSPS) is 16.4. The number of aryl methyl sites for hydroxylation is 2. The number of hydrogen-bond donors (Lipinski definition) is 1. The summed E-state index contributed by atoms with van der Waals surface area (Å²) in [4.78, 5) is 17.0. The fraction of sp³-hybridized carbons (Fsp3) is 0.667. The van der Waals surface area contributed by atoms with Crippen LogP contribution >= 0.6 is 11.3 Å². The number of amides is 1. The molecule has 1 saturated carbocycles. The van der Waals surface area contributed by atoms with E-state index in [1.54, 1.807) is 0 Å². The molecule has 0 aliphatic heterocycles. The Morgan fingerprint density at radius 3 is 2.76 bits per heavy atom. The Balaban J connectivity index is 1.76. The lowest BCUT2D eigenvalue weighted by molar-refractivity contribution is -0.122. The minimum Gasteiger partial charge on any atom is -0.368 e. The molecule has 0 saturated heterocycles. The maximum absolute atomic E-state index is 11.6. The monoisotopic (exact) mass is 254 g/mol. The van der Waals surface area contributed by atoms with Gasteiger partial charge in [-0.05, 0) is 26.7 Å². The van der Waals surface area contributed by atoms with E-state index in [4.69, 9.17) is 4.74 Å². The van der Waals surface area contributed by atoms with Gasteiger partial charge < -0.3 is 4.74 Å². The van der Waals surface area contributed by atoms with Crippen LogP contribution in [0.15, 0.2) is 0 Å². The van der Waals surface area contributed by atoms with E-state index in [0.29, 0.717) is 5.13 Å². The van der Waals surface area contributed by atoms with Crippen LogP contribution in [0.1, 0.15) is 36.3 Å². The van der Waals surface area contributed by atoms with Crippen LogP contribution in [-0.2, 0) is 9.53 Å². The highest BCUT2D eigenvalue weighted by Crippen LogP contribution is 2.22. The zero-order valence-corrected chi connectivity index (χ0v) is 11.1. The van der Waals surface area contributed by atoms with Crippen molar-refractivity contribution < 1.29 is 9.53 Å². The summed E-state index contributed by atoms with van der Waals surface area (Å²) in [5.74, 6) is -0.106. The van der Waals surface area contributed by atoms with E-state index >= 15 is 0 Å². The molecule has 17 heavy (non-hydrogen) atoms. The Labute approximate surface area is 105 Å². The number of rotatable bonds is 4. The van der Waals surface area contributed by atoms with Gasteiger partial charge in [0.2, 0.25) is 0 Å². The molecule has 0 bridgehead atoms. The zero-order valence-electron chi connectivity index (χ0n) is 10.3. The van der Waals surface area contributed by atoms with Gasteiger partial charge in [0.25, 0.3) is 5.91 Å². The number of nitrogens with zero attached hydrogens (tertiary/aromatic N) is 1. The van der Waals surface area contributed by atoms with E-state index in [0.717, 1.165) is 23.4 Å². The van der Waals surface area contributed by atoms with Crippen LogP contribution in [0, 0.1) is 13.8 Å². The van der Waals surface area contributed by atoms with Crippen LogP contribution in [0.5, 0.6) is 0 Å². The molecular formula is C12H18N2O2S. The van der Waals surface area contributed by atoms with Gasteiger partial charge in [0.05, 0.1) is 11.8 Å². The maximum atomic E-state index is 11.6. The summed E-state index contributed by atoms with van der Waals surface area (Å²) in [5, 5.41) is 3.44. The van der Waals surface area contributed by atoms with Crippen molar-refractivity contribution in [2.24, 2.45) is 0 Å². The Morgan fingerprint density at radius 2 is 2.18 bits per heavy atom. The molecule has 1 heterocycles. The third-order valence-electron chi connectivity index (χ3n) is 3.03. The Morgan fingerprint density at radius 1 is 1.47 bits per heavy atom. The van der Waals surface area contributed by atoms with Crippen molar-refractivity contribution in [2.45, 2.75) is 45.6 Å². The van der Waals surface area contributed by atoms with Crippen molar-refractivity contribution in [1.82, 2.24) is 4.98 Å². The molecule has 0 radical (unpaired) electrons. The second-order valence-corrected chi connectivity index (χ2v) is 5.63. The molecule has 0 aromatic carbocycles. The highest BCUT2D eigenvalue weighted by molar-refractivity contribution is 7.15. The number of aromatic nitrogens is 1. The molecule has 0 atom stereocenters. The largest absolute Gasteiger partial charge is 0.368 e. The summed E-state index contributed by atoms with van der Waals surface area (Å²) in [5.41, 5.74) is 0.974. The average Bonchev–Trinajstić information content (AvgIpc) is 2.87. The number of hydrogen-bond acceptors (Lipinski definition) is 4. The van der Waals surface area contributed by atoms with E-state index in [2.05, 4.69) is 10.3 Å². The lowest BCUT2D eigenvalue weighted by Gasteiger charge is -2.09. The number of thiazole rings is 1. The van der Waals surface area contributed by atoms with Crippen LogP contribution in [0.25, 0.3) is 0 Å². The van der Waals surface area contributed by atoms with E-state index in [1.165, 1.54) is 24.2 Å². The molecule has 1 amide bonds. The summed E-state index contributed by atoms with van der Waals surface area (Å²) in [6.07, 6.45) is 4.89. The Bertz CT molecular complexity index is 378. The minimum atomic E-state index is -0.106. The lowest BCUT2D eigenvalue weighted by Crippen LogP contribution is -2.21. The number of carbonyl (C=O) groups excluding carboxylic acids is 1. The van der Waals surface area contributed by atoms with Gasteiger partial charge >= 0.3 is 0 Å². The highest BCUT2D eigenvalue weighted by atomic mass is 32.1. The zero-order chi connectivity index (χ0) is 12.3. The third-order valence-corrected chi connectivity index (χ3v) is 4.02. The van der Waals surface area contributed by atoms with Crippen LogP contribution in [-0.4, -0.2) is 23.6 Å². The van der Waals surface area contributed by atoms with Gasteiger partial charge in [0.1, 0.15) is 6.61 Å². The number of anilines is 1. The van der Waals surface area contributed by atoms with Crippen molar-refractivity contribution in [3.05, 3.63) is 10.6 Å². The van der Waals surface area contributed by atoms with Gasteiger partial charge in [-0.1, -0.05) is 12.8 Å². The molecule has 1 aliphatic carbocycles. The molecule has 1 aromatic rings. The second kappa shape index (κ2) is 5.60. The first kappa shape index (κ1) is 12.5. The number of carbonyl (C=O) groups is 1. The second-order valence-electron chi connectivity index (χ2n) is 4.43. The maximum Gasteiger partial charge on any atom is 0.252 e. The number of ether oxygens (including phenoxy) is 1. The van der Waals surface area contributed by atoms with Crippen molar-refractivity contribution >= 4 is 22.4 Å². The first-order valence-electron chi connectivity index (χ1n) is 6.00. The minimum absolute atomic E-state index is 0.106. The van der Waals surface area contributed by atoms with Gasteiger partial charge in [0, 0.05) is 4.88 Å². The van der Waals surface area contributed by atoms with E-state index in [-0.39, 0.29) is 18.6 Å². The highest BCUT2D eigenvalue weighted by Gasteiger charge is 2.17. The van der Waals surface area contributed by atoms with Crippen LogP contribution in [0.3, 0.4) is 0 Å². The van der Waals surface area contributed by atoms with Crippen molar-refractivity contribution in [3.8, 4) is 0 Å². The summed E-state index contributed by atoms with van der Waals surface area (Å²) in [6, 6.07) is 0. The first-order valence-corrected chi connectivity index (χ1v) is 6.82. The average molecular weight is 254 g/mol. The molecule has 4 nitrogen and oxygen atoms in total. The topological polar surface area (TPSA) is 51.2 Å². The summed E-state index contributed by atoms with van der Waals surface area (Å²) >= 11 is 1.50. The molecule has 2 rings (SSSR count). The molecule has 94 valence electrons. The predicted octanol–water partition coefficient (Wildman–Crippen LogP) is 2.66. The molecule has 5 heteroatoms. The van der Waals surface area contributed by atoms with Gasteiger partial charge in [-0.15, -0.1) is 11.3 Å². The quantitative estimate of drug-likeness (QED) is 0.898. The van der Waals surface area contributed by atoms with Gasteiger partial charge in [-0.25, -0.2) is 4.98 Å². The van der Waals surface area contributed by atoms with Crippen LogP contribution in [0.4, 0.5) is 5.13 Å². The van der Waals surface area contributed by atoms with Crippen LogP contribution < -0.4 is 5.32 Å². The number of nitrogens with one attached hydrogen (secondary N) is 1. The molecule has 1 aliphatic rings. The van der Waals surface area contributed by atoms with Gasteiger partial charge in [-0.3, -0.25) is 10.1 Å². The van der Waals surface area contributed by atoms with Gasteiger partial charge in [-0.2, -0.15) is 0 Å². The summed E-state index contributed by atoms with van der Waals surface area (Å²) in [7, 11) is 0. The van der Waals surface area contributed by atoms with Gasteiger partial charge in [0.15, 0.2) is 5.13 Å². The molecular weight excluding hydrogens is 236 g/mol. The summed E-state index contributed by atoms with van der Waals surface area (Å²) < 4.78 is 5.54. The molecule has 0 spiro atoms. The molecule has 1 N–H and O–H groups in total. The van der Waals surface area contributed by atoms with Crippen molar-refractivity contribution in [2.75, 3.05) is 11.9 Å². The third kappa shape index (κ3) is 3.51. The molecule has 1 fully saturated rings. The summed E-state index contributed by atoms with van der Waals surface area (Å²) in [6.45, 7) is 4.08. The lowest BCUT2D eigenvalue weighted by atomic mass is 10.3. The predicted molar refractivity (Wildman–Crippen MR) is 68.4 cm³/mol. The molecule has 1 aromatic heterocycles. The van der Waals surface area contributed by atoms with E-state index < -0.39 is 0 Å². The SMILES string of the molecule is Cc1nc(NC(=O)COC2CCCC2)sc1C. The fourth-order valence-electron chi connectivity index (χ4n) is 1.93. The van der Waals surface area contributed by atoms with E-state index in [1.807, 2.05) is 13.8 Å². The standard InChI is InChI=1S/C12H18N2O2S/c1-8-9(2)17-12(13-8)14-11(15)7-16-10-5-3-4-6-10/h10H,3-7H2,1-2H3,(H,13,14,15). The van der Waals surface area contributed by atoms with Crippen molar-refractivity contribution in [3.63, 3.8) is 0 Å². The smallest absolute Gasteiger partial charge is 0.252 e. The Hall–Kier alpha value is -0.940.